The van der Waals surface area contributed by atoms with E-state index in [2.05, 4.69) is 38.2 Å². The molecule has 0 heterocycles. The van der Waals surface area contributed by atoms with Gasteiger partial charge in [0.05, 0.1) is 34.4 Å². The van der Waals surface area contributed by atoms with Gasteiger partial charge >= 0.3 is 17.9 Å². The average Bonchev–Trinajstić information content (AvgIpc) is 3.22. The van der Waals surface area contributed by atoms with Gasteiger partial charge in [-0.05, 0) is 44.9 Å². The molecular weight excluding hydrogens is 763 g/mol. The van der Waals surface area contributed by atoms with Crippen LogP contribution in [0.2, 0.25) is 0 Å². The summed E-state index contributed by atoms with van der Waals surface area (Å²) >= 11 is 0. The molecule has 0 radical (unpaired) electrons. The van der Waals surface area contributed by atoms with Crippen molar-refractivity contribution in [3.8, 4) is 0 Å². The Morgan fingerprint density at radius 1 is 0.492 bits per heavy atom. The summed E-state index contributed by atoms with van der Waals surface area (Å²) in [6, 6.07) is -0.613. The minimum Gasteiger partial charge on any atom is -0.477 e. The number of hydrogen-bond donors (Lipinski definition) is 1. The predicted octanol–water partition coefficient (Wildman–Crippen LogP) is 14.8. The van der Waals surface area contributed by atoms with E-state index in [0.717, 1.165) is 44.9 Å². The minimum atomic E-state index is -0.872. The highest BCUT2D eigenvalue weighted by Crippen LogP contribution is 2.16. The van der Waals surface area contributed by atoms with Gasteiger partial charge in [0.15, 0.2) is 12.1 Å². The second-order valence-electron chi connectivity index (χ2n) is 18.8. The van der Waals surface area contributed by atoms with Crippen molar-refractivity contribution < 1.29 is 38.2 Å². The van der Waals surface area contributed by atoms with E-state index in [0.29, 0.717) is 19.3 Å². The predicted molar refractivity (Wildman–Crippen MR) is 257 cm³/mol. The Kier molecular flexibility index (Phi) is 42.8. The van der Waals surface area contributed by atoms with E-state index in [-0.39, 0.29) is 36.2 Å². The zero-order valence-electron chi connectivity index (χ0n) is 40.9. The number of quaternary nitrogens is 1. The smallest absolute Gasteiger partial charge is 0.362 e. The van der Waals surface area contributed by atoms with E-state index in [1.165, 1.54) is 167 Å². The number of esters is 2. The summed E-state index contributed by atoms with van der Waals surface area (Å²) in [7, 11) is 5.54. The van der Waals surface area contributed by atoms with Crippen LogP contribution < -0.4 is 0 Å². The Labute approximate surface area is 377 Å². The Morgan fingerprint density at radius 3 is 1.26 bits per heavy atom. The van der Waals surface area contributed by atoms with Gasteiger partial charge in [-0.1, -0.05) is 205 Å². The van der Waals surface area contributed by atoms with Gasteiger partial charge < -0.3 is 23.8 Å². The largest absolute Gasteiger partial charge is 0.477 e. The van der Waals surface area contributed by atoms with Crippen LogP contribution in [0.15, 0.2) is 24.3 Å². The number of allylic oxidation sites excluding steroid dienone is 4. The first-order valence-electron chi connectivity index (χ1n) is 25.9. The quantitative estimate of drug-likeness (QED) is 0.0281. The SMILES string of the molecule is CCCCCCC/C=C\C/C=C\CCCCCCCCCCCC(=O)OC(COCCC(C(=O)O)[N+](C)(C)C)COC(=O)CCCCCCCCCCCCCCCCCC. The Hall–Kier alpha value is -2.19. The monoisotopic (exact) mass is 863 g/mol. The molecule has 0 saturated carbocycles. The van der Waals surface area contributed by atoms with Crippen molar-refractivity contribution in [3.63, 3.8) is 0 Å². The van der Waals surface area contributed by atoms with Crippen LogP contribution in [0.1, 0.15) is 245 Å². The summed E-state index contributed by atoms with van der Waals surface area (Å²) in [5.41, 5.74) is 0. The third-order valence-corrected chi connectivity index (χ3v) is 11.9. The van der Waals surface area contributed by atoms with Crippen LogP contribution in [-0.2, 0) is 28.6 Å². The van der Waals surface area contributed by atoms with Gasteiger partial charge in [0.1, 0.15) is 6.61 Å². The molecule has 0 aliphatic rings. The number of carboxylic acids is 1. The molecule has 0 aliphatic carbocycles. The molecule has 0 aromatic carbocycles. The molecular formula is C53H100NO7+. The number of rotatable bonds is 47. The number of carbonyl (C=O) groups is 3. The van der Waals surface area contributed by atoms with Crippen molar-refractivity contribution >= 4 is 17.9 Å². The summed E-state index contributed by atoms with van der Waals surface area (Å²) in [6.45, 7) is 4.76. The van der Waals surface area contributed by atoms with Crippen LogP contribution in [0.3, 0.4) is 0 Å². The molecule has 0 aromatic heterocycles. The number of unbranched alkanes of at least 4 members (excludes halogenated alkanes) is 29. The molecule has 0 fully saturated rings. The number of hydrogen-bond acceptors (Lipinski definition) is 6. The van der Waals surface area contributed by atoms with Crippen molar-refractivity contribution in [1.29, 1.82) is 0 Å². The third-order valence-electron chi connectivity index (χ3n) is 11.9. The molecule has 0 amide bonds. The van der Waals surface area contributed by atoms with E-state index < -0.39 is 18.1 Å². The Bertz CT molecular complexity index is 1050. The fraction of sp³-hybridized carbons (Fsp3) is 0.868. The van der Waals surface area contributed by atoms with Crippen LogP contribution >= 0.6 is 0 Å². The summed E-state index contributed by atoms with van der Waals surface area (Å²) in [5, 5.41) is 9.65. The van der Waals surface area contributed by atoms with Gasteiger partial charge in [0.25, 0.3) is 0 Å². The molecule has 0 saturated heterocycles. The Morgan fingerprint density at radius 2 is 0.869 bits per heavy atom. The second-order valence-corrected chi connectivity index (χ2v) is 18.8. The molecule has 8 nitrogen and oxygen atoms in total. The van der Waals surface area contributed by atoms with Gasteiger partial charge in [-0.2, -0.15) is 0 Å². The van der Waals surface area contributed by atoms with Gasteiger partial charge in [-0.3, -0.25) is 9.59 Å². The third kappa shape index (κ3) is 42.9. The highest BCUT2D eigenvalue weighted by molar-refractivity contribution is 5.72. The number of carbonyl (C=O) groups excluding carboxylic acids is 2. The highest BCUT2D eigenvalue weighted by Gasteiger charge is 2.31. The van der Waals surface area contributed by atoms with E-state index >= 15 is 0 Å². The lowest BCUT2D eigenvalue weighted by atomic mass is 10.0. The van der Waals surface area contributed by atoms with Crippen molar-refractivity contribution in [1.82, 2.24) is 0 Å². The minimum absolute atomic E-state index is 0.0476. The van der Waals surface area contributed by atoms with Crippen LogP contribution in [0, 0.1) is 0 Å². The van der Waals surface area contributed by atoms with Gasteiger partial charge in [0.2, 0.25) is 0 Å². The lowest BCUT2D eigenvalue weighted by Crippen LogP contribution is -2.50. The van der Waals surface area contributed by atoms with Crippen LogP contribution in [0.25, 0.3) is 0 Å². The van der Waals surface area contributed by atoms with Gasteiger partial charge in [0, 0.05) is 19.3 Å². The number of aliphatic carboxylic acids is 1. The van der Waals surface area contributed by atoms with Crippen molar-refractivity contribution in [2.75, 3.05) is 41.0 Å². The van der Waals surface area contributed by atoms with Crippen LogP contribution in [-0.4, -0.2) is 80.6 Å². The highest BCUT2D eigenvalue weighted by atomic mass is 16.6. The normalized spacial score (nSPS) is 13.0. The second kappa shape index (κ2) is 44.4. The fourth-order valence-corrected chi connectivity index (χ4v) is 7.83. The molecule has 2 atom stereocenters. The summed E-state index contributed by atoms with van der Waals surface area (Å²) in [6.07, 6.45) is 50.8. The number of carboxylic acid groups (broad SMARTS) is 1. The van der Waals surface area contributed by atoms with Crippen molar-refractivity contribution in [2.24, 2.45) is 0 Å². The van der Waals surface area contributed by atoms with Gasteiger partial charge in [-0.25, -0.2) is 4.79 Å². The first kappa shape index (κ1) is 58.8. The zero-order chi connectivity index (χ0) is 44.9. The topological polar surface area (TPSA) is 99.1 Å². The molecule has 0 bridgehead atoms. The summed E-state index contributed by atoms with van der Waals surface area (Å²) in [5.74, 6) is -1.45. The van der Waals surface area contributed by atoms with Crippen molar-refractivity contribution in [3.05, 3.63) is 24.3 Å². The van der Waals surface area contributed by atoms with Gasteiger partial charge in [-0.15, -0.1) is 0 Å². The van der Waals surface area contributed by atoms with Crippen molar-refractivity contribution in [2.45, 2.75) is 257 Å². The number of nitrogens with zero attached hydrogens (tertiary/aromatic N) is 1. The molecule has 0 rings (SSSR count). The molecule has 0 spiro atoms. The number of ether oxygens (including phenoxy) is 3. The fourth-order valence-electron chi connectivity index (χ4n) is 7.83. The number of likely N-dealkylation sites (N-methyl/N-ethyl adjacent to an activating group) is 1. The molecule has 0 aliphatic heterocycles. The standard InChI is InChI=1S/C53H99NO7/c1-6-8-10-12-14-16-18-20-22-24-25-26-27-28-30-32-34-36-38-40-42-44-52(56)61-49(47-59-46-45-50(53(57)58)54(3,4)5)48-60-51(55)43-41-39-37-35-33-31-29-23-21-19-17-15-13-11-9-7-2/h18,20,24-25,49-50H,6-17,19,21-23,26-48H2,1-5H3/p+1/b20-18-,25-24-. The van der Waals surface area contributed by atoms with Crippen LogP contribution in [0.5, 0.6) is 0 Å². The van der Waals surface area contributed by atoms with E-state index in [1.54, 1.807) is 0 Å². The Balaban J connectivity index is 4.22. The molecule has 1 N–H and O–H groups in total. The lowest BCUT2D eigenvalue weighted by Gasteiger charge is -2.31. The summed E-state index contributed by atoms with van der Waals surface area (Å²) in [4.78, 5) is 37.1. The lowest BCUT2D eigenvalue weighted by molar-refractivity contribution is -0.887. The van der Waals surface area contributed by atoms with E-state index in [1.807, 2.05) is 21.1 Å². The first-order valence-corrected chi connectivity index (χ1v) is 25.9. The molecule has 358 valence electrons. The molecule has 2 unspecified atom stereocenters. The molecule has 61 heavy (non-hydrogen) atoms. The maximum atomic E-state index is 12.8. The van der Waals surface area contributed by atoms with Crippen LogP contribution in [0.4, 0.5) is 0 Å². The molecule has 8 heteroatoms. The van der Waals surface area contributed by atoms with E-state index in [4.69, 9.17) is 14.2 Å². The molecule has 0 aromatic rings. The zero-order valence-corrected chi connectivity index (χ0v) is 40.9. The summed E-state index contributed by atoms with van der Waals surface area (Å²) < 4.78 is 17.4. The maximum absolute atomic E-state index is 12.8. The average molecular weight is 863 g/mol. The maximum Gasteiger partial charge on any atom is 0.362 e. The first-order chi connectivity index (χ1) is 29.6. The van der Waals surface area contributed by atoms with E-state index in [9.17, 15) is 19.5 Å².